The lowest BCUT2D eigenvalue weighted by atomic mass is 9.12. The largest absolute Gasteiger partial charge is 0.438 e. The molecule has 4 aromatic carbocycles. The van der Waals surface area contributed by atoms with Crippen LogP contribution in [0.4, 0.5) is 101 Å². The van der Waals surface area contributed by atoms with Gasteiger partial charge < -0.3 is 4.90 Å². The van der Waals surface area contributed by atoms with Gasteiger partial charge in [0.25, 0.3) is 0 Å². The summed E-state index contributed by atoms with van der Waals surface area (Å²) in [5.41, 5.74) is -14.3. The number of benzene rings is 4. The molecule has 0 fully saturated rings. The first-order valence-corrected chi connectivity index (χ1v) is 26.3. The first kappa shape index (κ1) is 68.6. The van der Waals surface area contributed by atoms with E-state index in [0.717, 1.165) is 30.6 Å². The summed E-state index contributed by atoms with van der Waals surface area (Å²) in [6.07, 6.45) is 19.3. The number of hydrogen-bond donors (Lipinski definition) is 1. The number of alkyl halides is 3. The van der Waals surface area contributed by atoms with Crippen LogP contribution >= 0.6 is 0 Å². The van der Waals surface area contributed by atoms with Gasteiger partial charge in [-0.05, 0) is 25.7 Å². The van der Waals surface area contributed by atoms with Gasteiger partial charge in [-0.1, -0.05) is 142 Å². The normalized spacial score (nSPS) is 12.1. The SMILES string of the molecule is CCCCCCCCCCCCCC[NH+](CCCCCCCCCCCCCC)CC(F)(F)F.Fc1c(F)c(F)c([B-](c2c(F)c(F)c(F)c(F)c2F)(c2c(F)c(F)c(F)c(F)c2F)c2c(F)c(F)c(F)c(F)c2F)c(F)c1F. The van der Waals surface area contributed by atoms with Crippen LogP contribution in [-0.2, 0) is 0 Å². The summed E-state index contributed by atoms with van der Waals surface area (Å²) in [6, 6.07) is 0. The highest BCUT2D eigenvalue weighted by atomic mass is 19.4. The molecule has 0 amide bonds. The van der Waals surface area contributed by atoms with Crippen LogP contribution in [0.15, 0.2) is 0 Å². The molecular weight excluding hydrogens is 1110 g/mol. The molecule has 4 rings (SSSR count). The molecule has 0 saturated carbocycles. The third-order valence-electron chi connectivity index (χ3n) is 13.9. The Kier molecular flexibility index (Phi) is 27.8. The van der Waals surface area contributed by atoms with Crippen molar-refractivity contribution >= 4 is 28.0 Å². The minimum Gasteiger partial charge on any atom is -0.327 e. The summed E-state index contributed by atoms with van der Waals surface area (Å²) in [7, 11) is 0. The van der Waals surface area contributed by atoms with E-state index < -0.39 is 157 Å². The van der Waals surface area contributed by atoms with E-state index in [2.05, 4.69) is 13.8 Å². The van der Waals surface area contributed by atoms with Gasteiger partial charge in [-0.25, -0.2) is 87.8 Å². The molecule has 25 heteroatoms. The second-order valence-corrected chi connectivity index (χ2v) is 19.6. The molecule has 0 atom stereocenters. The fraction of sp³-hybridized carbons (Fsp3) is 0.556. The first-order chi connectivity index (χ1) is 37.2. The Labute approximate surface area is 443 Å². The lowest BCUT2D eigenvalue weighted by molar-refractivity contribution is -0.911. The highest BCUT2D eigenvalue weighted by Gasteiger charge is 2.52. The Bertz CT molecular complexity index is 2190. The molecule has 0 unspecified atom stereocenters. The number of nitrogens with one attached hydrogen (secondary N) is 1. The molecule has 0 aliphatic heterocycles. The van der Waals surface area contributed by atoms with Crippen molar-refractivity contribution in [2.45, 2.75) is 174 Å². The number of rotatable bonds is 31. The second-order valence-electron chi connectivity index (χ2n) is 19.6. The third kappa shape index (κ3) is 16.9. The summed E-state index contributed by atoms with van der Waals surface area (Å²) < 4.78 is 333. The van der Waals surface area contributed by atoms with E-state index >= 15 is 35.1 Å². The highest BCUT2D eigenvalue weighted by molar-refractivity contribution is 7.20. The van der Waals surface area contributed by atoms with Crippen LogP contribution in [0.2, 0.25) is 0 Å². The number of hydrogen-bond acceptors (Lipinski definition) is 0. The molecule has 0 spiro atoms. The van der Waals surface area contributed by atoms with E-state index in [1.807, 2.05) is 0 Å². The van der Waals surface area contributed by atoms with Crippen molar-refractivity contribution in [2.75, 3.05) is 19.6 Å². The molecule has 0 aliphatic rings. The van der Waals surface area contributed by atoms with E-state index in [1.54, 1.807) is 0 Å². The van der Waals surface area contributed by atoms with E-state index in [9.17, 15) is 65.9 Å². The number of halogens is 23. The number of unbranched alkanes of at least 4 members (excludes halogenated alkanes) is 22. The molecule has 0 radical (unpaired) electrons. The maximum atomic E-state index is 15.4. The zero-order valence-corrected chi connectivity index (χ0v) is 43.4. The Morgan fingerprint density at radius 1 is 0.241 bits per heavy atom. The molecule has 4 aromatic rings. The van der Waals surface area contributed by atoms with Crippen molar-refractivity contribution in [3.8, 4) is 0 Å². The minimum absolute atomic E-state index is 0.650. The van der Waals surface area contributed by atoms with Gasteiger partial charge in [0.15, 0.2) is 76.4 Å². The zero-order valence-electron chi connectivity index (χ0n) is 43.4. The lowest BCUT2D eigenvalue weighted by Gasteiger charge is -2.44. The van der Waals surface area contributed by atoms with Gasteiger partial charge in [0, 0.05) is 0 Å². The summed E-state index contributed by atoms with van der Waals surface area (Å²) in [5.74, 6) is -71.4. The fourth-order valence-electron chi connectivity index (χ4n) is 9.89. The van der Waals surface area contributed by atoms with Gasteiger partial charge >= 0.3 is 6.18 Å². The van der Waals surface area contributed by atoms with Crippen molar-refractivity contribution < 1.29 is 106 Å². The van der Waals surface area contributed by atoms with Crippen molar-refractivity contribution in [3.05, 3.63) is 116 Å². The molecule has 0 bridgehead atoms. The molecule has 446 valence electrons. The van der Waals surface area contributed by atoms with Crippen molar-refractivity contribution in [3.63, 3.8) is 0 Å². The molecule has 1 nitrogen and oxygen atoms in total. The van der Waals surface area contributed by atoms with Gasteiger partial charge in [0.2, 0.25) is 0 Å². The van der Waals surface area contributed by atoms with Crippen molar-refractivity contribution in [1.29, 1.82) is 0 Å². The summed E-state index contributed by atoms with van der Waals surface area (Å²) >= 11 is 0. The molecule has 0 aliphatic carbocycles. The van der Waals surface area contributed by atoms with Crippen LogP contribution < -0.4 is 26.8 Å². The van der Waals surface area contributed by atoms with E-state index in [0.29, 0.717) is 13.1 Å². The monoisotopic (exact) mass is 1170 g/mol. The smallest absolute Gasteiger partial charge is 0.327 e. The average molecular weight is 1170 g/mol. The summed E-state index contributed by atoms with van der Waals surface area (Å²) in [5, 5.41) is 0. The second kappa shape index (κ2) is 32.1. The Hall–Kier alpha value is -4.71. The highest BCUT2D eigenvalue weighted by Crippen LogP contribution is 2.31. The zero-order chi connectivity index (χ0) is 59.5. The molecule has 79 heavy (non-hydrogen) atoms. The maximum Gasteiger partial charge on any atom is 0.438 e. The van der Waals surface area contributed by atoms with Gasteiger partial charge in [0.05, 0.1) is 13.1 Å². The Morgan fingerprint density at radius 3 is 0.557 bits per heavy atom. The van der Waals surface area contributed by atoms with Crippen LogP contribution in [-0.4, -0.2) is 32.0 Å². The molecule has 0 saturated heterocycles. The predicted molar refractivity (Wildman–Crippen MR) is 253 cm³/mol. The van der Waals surface area contributed by atoms with Gasteiger partial charge in [-0.15, -0.1) is 21.9 Å². The molecule has 0 heterocycles. The summed E-state index contributed by atoms with van der Waals surface area (Å²) in [6.45, 7) is 5.24. The molecular formula is C54H61BF23N. The Morgan fingerprint density at radius 2 is 0.392 bits per heavy atom. The summed E-state index contributed by atoms with van der Waals surface area (Å²) in [4.78, 5) is 0.756. The Balaban J connectivity index is 0.000000434. The van der Waals surface area contributed by atoms with E-state index in [-0.39, 0.29) is 0 Å². The fourth-order valence-corrected chi connectivity index (χ4v) is 9.89. The molecule has 1 N–H and O–H groups in total. The topological polar surface area (TPSA) is 4.44 Å². The quantitative estimate of drug-likeness (QED) is 0.0168. The van der Waals surface area contributed by atoms with Crippen molar-refractivity contribution in [2.24, 2.45) is 0 Å². The first-order valence-electron chi connectivity index (χ1n) is 26.3. The number of quaternary nitrogens is 1. The van der Waals surface area contributed by atoms with Gasteiger partial charge in [-0.3, -0.25) is 0 Å². The maximum absolute atomic E-state index is 15.4. The van der Waals surface area contributed by atoms with E-state index in [4.69, 9.17) is 0 Å². The molecule has 0 aromatic heterocycles. The predicted octanol–water partition coefficient (Wildman–Crippen LogP) is 15.7. The standard InChI is InChI=1S/C30H60F3N.C24BF20/c1-3-5-7-9-11-13-15-17-19-21-23-25-27-34(29-30(31,32)33)28-26-24-22-20-18-16-14-12-10-8-6-4-2;26-5-1(6(27)14(35)21(42)13(5)34)25(2-7(28)15(36)22(43)16(37)8(2)29,3-9(30)17(38)23(44)18(39)10(3)31)4-11(32)19(40)24(45)20(41)12(4)33/h3-29H2,1-2H3;/q;-1/p+1. The average Bonchev–Trinajstić information content (AvgIpc) is 3.42. The van der Waals surface area contributed by atoms with Crippen molar-refractivity contribution in [1.82, 2.24) is 0 Å². The van der Waals surface area contributed by atoms with Crippen LogP contribution in [0.25, 0.3) is 0 Å². The lowest BCUT2D eigenvalue weighted by Crippen LogP contribution is -3.13. The van der Waals surface area contributed by atoms with Crippen LogP contribution in [0.3, 0.4) is 0 Å². The minimum atomic E-state index is -7.22. The van der Waals surface area contributed by atoms with Gasteiger partial charge in [-0.2, -0.15) is 13.2 Å². The van der Waals surface area contributed by atoms with E-state index in [1.165, 1.54) is 128 Å². The third-order valence-corrected chi connectivity index (χ3v) is 13.9. The van der Waals surface area contributed by atoms with Crippen LogP contribution in [0, 0.1) is 116 Å². The van der Waals surface area contributed by atoms with Crippen LogP contribution in [0.1, 0.15) is 168 Å². The van der Waals surface area contributed by atoms with Gasteiger partial charge in [0.1, 0.15) is 52.7 Å². The van der Waals surface area contributed by atoms with Crippen LogP contribution in [0.5, 0.6) is 0 Å².